The first-order valence-corrected chi connectivity index (χ1v) is 7.17. The quantitative estimate of drug-likeness (QED) is 0.737. The number of rotatable bonds is 2. The van der Waals surface area contributed by atoms with Gasteiger partial charge in [0.2, 0.25) is 0 Å². The lowest BCUT2D eigenvalue weighted by atomic mass is 9.87. The Morgan fingerprint density at radius 1 is 1.05 bits per heavy atom. The zero-order chi connectivity index (χ0) is 14.8. The SMILES string of the molecule is CC(C)(C)c1ccc(Oc2ccc(Br)cc2C#N)cc1. The van der Waals surface area contributed by atoms with Crippen molar-refractivity contribution in [3.63, 3.8) is 0 Å². The molecule has 0 bridgehead atoms. The summed E-state index contributed by atoms with van der Waals surface area (Å²) < 4.78 is 6.64. The van der Waals surface area contributed by atoms with Crippen LogP contribution in [-0.4, -0.2) is 0 Å². The number of nitriles is 1. The van der Waals surface area contributed by atoms with Crippen molar-refractivity contribution in [2.75, 3.05) is 0 Å². The number of benzene rings is 2. The Kier molecular flexibility index (Phi) is 4.15. The largest absolute Gasteiger partial charge is 0.456 e. The Morgan fingerprint density at radius 3 is 2.25 bits per heavy atom. The Hall–Kier alpha value is -1.79. The van der Waals surface area contributed by atoms with Crippen LogP contribution < -0.4 is 4.74 Å². The zero-order valence-corrected chi connectivity index (χ0v) is 13.4. The summed E-state index contributed by atoms with van der Waals surface area (Å²) in [7, 11) is 0. The third-order valence-electron chi connectivity index (χ3n) is 3.01. The number of hydrogen-bond acceptors (Lipinski definition) is 2. The molecular weight excluding hydrogens is 314 g/mol. The molecule has 0 aliphatic heterocycles. The molecule has 2 aromatic rings. The lowest BCUT2D eigenvalue weighted by molar-refractivity contribution is 0.480. The van der Waals surface area contributed by atoms with Gasteiger partial charge in [0.15, 0.2) is 0 Å². The van der Waals surface area contributed by atoms with Gasteiger partial charge in [0.25, 0.3) is 0 Å². The van der Waals surface area contributed by atoms with Crippen molar-refractivity contribution in [2.45, 2.75) is 26.2 Å². The maximum Gasteiger partial charge on any atom is 0.145 e. The molecule has 0 aliphatic carbocycles. The fraction of sp³-hybridized carbons (Fsp3) is 0.235. The Bertz CT molecular complexity index is 648. The van der Waals surface area contributed by atoms with Crippen LogP contribution in [0.4, 0.5) is 0 Å². The molecule has 0 atom stereocenters. The van der Waals surface area contributed by atoms with Gasteiger partial charge in [-0.05, 0) is 41.3 Å². The summed E-state index contributed by atoms with van der Waals surface area (Å²) in [5.74, 6) is 1.30. The van der Waals surface area contributed by atoms with Gasteiger partial charge in [0.05, 0.1) is 5.56 Å². The summed E-state index contributed by atoms with van der Waals surface area (Å²) in [6, 6.07) is 15.5. The van der Waals surface area contributed by atoms with Gasteiger partial charge in [-0.2, -0.15) is 5.26 Å². The van der Waals surface area contributed by atoms with Gasteiger partial charge in [-0.3, -0.25) is 0 Å². The van der Waals surface area contributed by atoms with E-state index in [1.807, 2.05) is 18.2 Å². The van der Waals surface area contributed by atoms with E-state index in [4.69, 9.17) is 10.00 Å². The van der Waals surface area contributed by atoms with E-state index in [9.17, 15) is 0 Å². The van der Waals surface area contributed by atoms with Gasteiger partial charge in [0, 0.05) is 4.47 Å². The molecule has 0 fully saturated rings. The van der Waals surface area contributed by atoms with E-state index in [0.29, 0.717) is 11.3 Å². The highest BCUT2D eigenvalue weighted by molar-refractivity contribution is 9.10. The predicted octanol–water partition coefficient (Wildman–Crippen LogP) is 5.41. The van der Waals surface area contributed by atoms with E-state index in [1.165, 1.54) is 5.56 Å². The first kappa shape index (κ1) is 14.6. The molecule has 0 saturated carbocycles. The summed E-state index contributed by atoms with van der Waals surface area (Å²) in [6.45, 7) is 6.52. The van der Waals surface area contributed by atoms with Crippen molar-refractivity contribution >= 4 is 15.9 Å². The standard InChI is InChI=1S/C17H16BrNO/c1-17(2,3)13-4-7-15(8-5-13)20-16-9-6-14(18)10-12(16)11-19/h4-10H,1-3H3. The minimum atomic E-state index is 0.119. The lowest BCUT2D eigenvalue weighted by Crippen LogP contribution is -2.10. The van der Waals surface area contributed by atoms with Crippen LogP contribution in [0.25, 0.3) is 0 Å². The molecule has 2 nitrogen and oxygen atoms in total. The number of hydrogen-bond donors (Lipinski definition) is 0. The number of ether oxygens (including phenoxy) is 1. The van der Waals surface area contributed by atoms with E-state index >= 15 is 0 Å². The summed E-state index contributed by atoms with van der Waals surface area (Å²) in [4.78, 5) is 0. The van der Waals surface area contributed by atoms with Crippen molar-refractivity contribution in [3.05, 3.63) is 58.1 Å². The van der Waals surface area contributed by atoms with Crippen LogP contribution in [0.1, 0.15) is 31.9 Å². The fourth-order valence-electron chi connectivity index (χ4n) is 1.83. The topological polar surface area (TPSA) is 33.0 Å². The molecule has 0 radical (unpaired) electrons. The summed E-state index contributed by atoms with van der Waals surface area (Å²) >= 11 is 3.35. The van der Waals surface area contributed by atoms with E-state index in [-0.39, 0.29) is 5.41 Å². The van der Waals surface area contributed by atoms with Crippen molar-refractivity contribution in [1.29, 1.82) is 5.26 Å². The first-order chi connectivity index (χ1) is 9.40. The fourth-order valence-corrected chi connectivity index (χ4v) is 2.19. The Morgan fingerprint density at radius 2 is 1.70 bits per heavy atom. The average molecular weight is 330 g/mol. The highest BCUT2D eigenvalue weighted by atomic mass is 79.9. The van der Waals surface area contributed by atoms with Gasteiger partial charge in [-0.25, -0.2) is 0 Å². The van der Waals surface area contributed by atoms with Crippen LogP contribution in [0.15, 0.2) is 46.9 Å². The normalized spacial score (nSPS) is 10.9. The molecule has 0 spiro atoms. The van der Waals surface area contributed by atoms with Gasteiger partial charge < -0.3 is 4.74 Å². The molecule has 0 heterocycles. The van der Waals surface area contributed by atoms with Gasteiger partial charge in [0.1, 0.15) is 17.6 Å². The molecule has 0 aromatic heterocycles. The summed E-state index contributed by atoms with van der Waals surface area (Å²) in [5.41, 5.74) is 1.88. The van der Waals surface area contributed by atoms with Crippen molar-refractivity contribution < 1.29 is 4.74 Å². The highest BCUT2D eigenvalue weighted by Crippen LogP contribution is 2.29. The van der Waals surface area contributed by atoms with Gasteiger partial charge >= 0.3 is 0 Å². The maximum atomic E-state index is 9.12. The molecule has 2 rings (SSSR count). The second-order valence-corrected chi connectivity index (χ2v) is 6.54. The van der Waals surface area contributed by atoms with Crippen molar-refractivity contribution in [2.24, 2.45) is 0 Å². The smallest absolute Gasteiger partial charge is 0.145 e. The highest BCUT2D eigenvalue weighted by Gasteiger charge is 2.13. The van der Waals surface area contributed by atoms with Crippen LogP contribution in [0.5, 0.6) is 11.5 Å². The summed E-state index contributed by atoms with van der Waals surface area (Å²) in [6.07, 6.45) is 0. The molecule has 20 heavy (non-hydrogen) atoms. The third-order valence-corrected chi connectivity index (χ3v) is 3.50. The Labute approximate surface area is 128 Å². The molecular formula is C17H16BrNO. The van der Waals surface area contributed by atoms with E-state index in [2.05, 4.69) is 54.9 Å². The van der Waals surface area contributed by atoms with Crippen LogP contribution in [-0.2, 0) is 5.41 Å². The van der Waals surface area contributed by atoms with Gasteiger partial charge in [-0.1, -0.05) is 48.8 Å². The third kappa shape index (κ3) is 3.40. The van der Waals surface area contributed by atoms with Crippen LogP contribution in [0.2, 0.25) is 0 Å². The van der Waals surface area contributed by atoms with Crippen LogP contribution in [0, 0.1) is 11.3 Å². The molecule has 0 N–H and O–H groups in total. The second kappa shape index (κ2) is 5.68. The predicted molar refractivity (Wildman–Crippen MR) is 84.1 cm³/mol. The van der Waals surface area contributed by atoms with E-state index in [1.54, 1.807) is 12.1 Å². The Balaban J connectivity index is 2.25. The van der Waals surface area contributed by atoms with Crippen molar-refractivity contribution in [3.8, 4) is 17.6 Å². The minimum absolute atomic E-state index is 0.119. The maximum absolute atomic E-state index is 9.12. The molecule has 0 unspecified atom stereocenters. The molecule has 102 valence electrons. The van der Waals surface area contributed by atoms with Crippen LogP contribution >= 0.6 is 15.9 Å². The monoisotopic (exact) mass is 329 g/mol. The zero-order valence-electron chi connectivity index (χ0n) is 11.8. The average Bonchev–Trinajstić information content (AvgIpc) is 2.40. The number of nitrogens with zero attached hydrogens (tertiary/aromatic N) is 1. The number of halogens is 1. The van der Waals surface area contributed by atoms with Gasteiger partial charge in [-0.15, -0.1) is 0 Å². The summed E-state index contributed by atoms with van der Waals surface area (Å²) in [5, 5.41) is 9.12. The van der Waals surface area contributed by atoms with Crippen LogP contribution in [0.3, 0.4) is 0 Å². The van der Waals surface area contributed by atoms with Crippen molar-refractivity contribution in [1.82, 2.24) is 0 Å². The van der Waals surface area contributed by atoms with E-state index < -0.39 is 0 Å². The minimum Gasteiger partial charge on any atom is -0.456 e. The van der Waals surface area contributed by atoms with E-state index in [0.717, 1.165) is 10.2 Å². The lowest BCUT2D eigenvalue weighted by Gasteiger charge is -2.19. The molecule has 2 aromatic carbocycles. The first-order valence-electron chi connectivity index (χ1n) is 6.38. The molecule has 0 saturated heterocycles. The second-order valence-electron chi connectivity index (χ2n) is 5.63. The molecule has 3 heteroatoms. The molecule has 0 amide bonds. The molecule has 0 aliphatic rings.